The second-order valence-electron chi connectivity index (χ2n) is 7.72. The molecule has 2 amide bonds. The first-order chi connectivity index (χ1) is 14.5. The van der Waals surface area contributed by atoms with Gasteiger partial charge >= 0.3 is 0 Å². The number of amides is 2. The molecule has 31 heavy (non-hydrogen) atoms. The molecule has 162 valence electrons. The van der Waals surface area contributed by atoms with E-state index >= 15 is 0 Å². The van der Waals surface area contributed by atoms with Gasteiger partial charge in [-0.2, -0.15) is 0 Å². The lowest BCUT2D eigenvalue weighted by molar-refractivity contribution is 0.0934. The minimum absolute atomic E-state index is 0.143. The van der Waals surface area contributed by atoms with Crippen LogP contribution in [0.3, 0.4) is 0 Å². The van der Waals surface area contributed by atoms with Gasteiger partial charge in [0.25, 0.3) is 11.8 Å². The van der Waals surface area contributed by atoms with Crippen molar-refractivity contribution in [2.24, 2.45) is 0 Å². The number of halogens is 1. The number of anilines is 2. The first kappa shape index (κ1) is 22.5. The highest BCUT2D eigenvalue weighted by Gasteiger charge is 2.22. The minimum atomic E-state index is -0.446. The fraction of sp³-hybridized carbons (Fsp3) is 0.316. The molecule has 0 radical (unpaired) electrons. The van der Waals surface area contributed by atoms with Gasteiger partial charge in [-0.15, -0.1) is 21.5 Å². The smallest absolute Gasteiger partial charge is 0.270 e. The molecule has 0 fully saturated rings. The SMILES string of the molecule is CC(NC(=O)c1cc(N)ncn1)c1ncc(C(=O)Nc2cc(C(C)(C)C)c(Cl)nn2)s1. The minimum Gasteiger partial charge on any atom is -0.384 e. The number of nitrogens with one attached hydrogen (secondary N) is 2. The zero-order valence-corrected chi connectivity index (χ0v) is 18.9. The third-order valence-corrected chi connectivity index (χ3v) is 5.64. The van der Waals surface area contributed by atoms with Gasteiger partial charge < -0.3 is 16.4 Å². The lowest BCUT2D eigenvalue weighted by Gasteiger charge is -2.20. The number of hydrogen-bond donors (Lipinski definition) is 3. The van der Waals surface area contributed by atoms with E-state index in [1.807, 2.05) is 20.8 Å². The summed E-state index contributed by atoms with van der Waals surface area (Å²) in [5.74, 6) is -0.325. The normalized spacial score (nSPS) is 12.3. The summed E-state index contributed by atoms with van der Waals surface area (Å²) in [6.45, 7) is 7.72. The van der Waals surface area contributed by atoms with Gasteiger partial charge in [0.2, 0.25) is 0 Å². The van der Waals surface area contributed by atoms with Gasteiger partial charge in [0, 0.05) is 11.6 Å². The number of aromatic nitrogens is 5. The van der Waals surface area contributed by atoms with Crippen molar-refractivity contribution in [1.82, 2.24) is 30.5 Å². The van der Waals surface area contributed by atoms with Crippen molar-refractivity contribution in [2.45, 2.75) is 39.2 Å². The van der Waals surface area contributed by atoms with Gasteiger partial charge in [-0.3, -0.25) is 9.59 Å². The molecule has 3 aromatic heterocycles. The fourth-order valence-electron chi connectivity index (χ4n) is 2.56. The summed E-state index contributed by atoms with van der Waals surface area (Å²) in [5.41, 5.74) is 6.23. The number of rotatable bonds is 5. The Kier molecular flexibility index (Phi) is 6.46. The van der Waals surface area contributed by atoms with E-state index in [4.69, 9.17) is 17.3 Å². The van der Waals surface area contributed by atoms with E-state index in [0.717, 1.165) is 16.9 Å². The van der Waals surface area contributed by atoms with E-state index < -0.39 is 11.9 Å². The largest absolute Gasteiger partial charge is 0.384 e. The van der Waals surface area contributed by atoms with Crippen LogP contribution in [0.4, 0.5) is 11.6 Å². The van der Waals surface area contributed by atoms with E-state index in [1.165, 1.54) is 18.6 Å². The molecule has 1 unspecified atom stereocenters. The maximum absolute atomic E-state index is 12.6. The number of nitrogens with zero attached hydrogens (tertiary/aromatic N) is 5. The molecule has 10 nitrogen and oxygen atoms in total. The predicted octanol–water partition coefficient (Wildman–Crippen LogP) is 3.00. The van der Waals surface area contributed by atoms with Crippen LogP contribution >= 0.6 is 22.9 Å². The van der Waals surface area contributed by atoms with Crippen LogP contribution in [0.15, 0.2) is 24.7 Å². The summed E-state index contributed by atoms with van der Waals surface area (Å²) >= 11 is 7.28. The Bertz CT molecular complexity index is 1130. The van der Waals surface area contributed by atoms with E-state index in [-0.39, 0.29) is 28.7 Å². The summed E-state index contributed by atoms with van der Waals surface area (Å²) in [6.07, 6.45) is 2.65. The fourth-order valence-corrected chi connectivity index (χ4v) is 3.75. The summed E-state index contributed by atoms with van der Waals surface area (Å²) in [5, 5.41) is 14.2. The summed E-state index contributed by atoms with van der Waals surface area (Å²) < 4.78 is 0. The Morgan fingerprint density at radius 2 is 1.87 bits per heavy atom. The molecule has 3 rings (SSSR count). The Labute approximate surface area is 187 Å². The Balaban J connectivity index is 1.69. The van der Waals surface area contributed by atoms with Crippen LogP contribution in [0, 0.1) is 0 Å². The maximum Gasteiger partial charge on any atom is 0.270 e. The van der Waals surface area contributed by atoms with Crippen molar-refractivity contribution in [2.75, 3.05) is 11.1 Å². The lowest BCUT2D eigenvalue weighted by atomic mass is 9.88. The lowest BCUT2D eigenvalue weighted by Crippen LogP contribution is -2.27. The van der Waals surface area contributed by atoms with E-state index in [9.17, 15) is 9.59 Å². The van der Waals surface area contributed by atoms with Gasteiger partial charge in [0.05, 0.1) is 12.2 Å². The average Bonchev–Trinajstić information content (AvgIpc) is 3.19. The van der Waals surface area contributed by atoms with Crippen molar-refractivity contribution < 1.29 is 9.59 Å². The van der Waals surface area contributed by atoms with Crippen molar-refractivity contribution >= 4 is 46.4 Å². The second kappa shape index (κ2) is 8.90. The number of nitrogens with two attached hydrogens (primary N) is 1. The van der Waals surface area contributed by atoms with Crippen molar-refractivity contribution in [3.63, 3.8) is 0 Å². The van der Waals surface area contributed by atoms with Crippen LogP contribution in [0.1, 0.15) is 64.5 Å². The Hall–Kier alpha value is -3.18. The number of hydrogen-bond acceptors (Lipinski definition) is 9. The van der Waals surface area contributed by atoms with Crippen LogP contribution in [0.5, 0.6) is 0 Å². The molecule has 3 aromatic rings. The number of nitrogen functional groups attached to an aromatic ring is 1. The van der Waals surface area contributed by atoms with Crippen molar-refractivity contribution in [3.05, 3.63) is 51.0 Å². The van der Waals surface area contributed by atoms with Gasteiger partial charge in [0.1, 0.15) is 27.7 Å². The third kappa shape index (κ3) is 5.50. The van der Waals surface area contributed by atoms with Gasteiger partial charge in [-0.1, -0.05) is 32.4 Å². The summed E-state index contributed by atoms with van der Waals surface area (Å²) in [6, 6.07) is 2.63. The van der Waals surface area contributed by atoms with Gasteiger partial charge in [-0.25, -0.2) is 15.0 Å². The van der Waals surface area contributed by atoms with E-state index in [1.54, 1.807) is 13.0 Å². The zero-order chi connectivity index (χ0) is 22.8. The monoisotopic (exact) mass is 460 g/mol. The molecule has 0 aromatic carbocycles. The molecule has 0 bridgehead atoms. The van der Waals surface area contributed by atoms with Crippen LogP contribution in [-0.4, -0.2) is 37.0 Å². The Morgan fingerprint density at radius 3 is 2.55 bits per heavy atom. The predicted molar refractivity (Wildman–Crippen MR) is 118 cm³/mol. The van der Waals surface area contributed by atoms with Gasteiger partial charge in [0.15, 0.2) is 11.0 Å². The third-order valence-electron chi connectivity index (χ3n) is 4.18. The average molecular weight is 461 g/mol. The van der Waals surface area contributed by atoms with E-state index in [0.29, 0.717) is 15.0 Å². The van der Waals surface area contributed by atoms with Crippen molar-refractivity contribution in [3.8, 4) is 0 Å². The number of carbonyl (C=O) groups is 2. The first-order valence-corrected chi connectivity index (χ1v) is 10.4. The van der Waals surface area contributed by atoms with Crippen molar-refractivity contribution in [1.29, 1.82) is 0 Å². The Morgan fingerprint density at radius 1 is 1.13 bits per heavy atom. The number of thiazole rings is 1. The molecule has 12 heteroatoms. The molecule has 0 aliphatic carbocycles. The van der Waals surface area contributed by atoms with Crippen LogP contribution in [0.25, 0.3) is 0 Å². The molecule has 0 aliphatic rings. The molecule has 4 N–H and O–H groups in total. The van der Waals surface area contributed by atoms with Crippen LogP contribution in [-0.2, 0) is 5.41 Å². The molecule has 0 spiro atoms. The molecule has 1 atom stereocenters. The second-order valence-corrected chi connectivity index (χ2v) is 9.14. The quantitative estimate of drug-likeness (QED) is 0.526. The standard InChI is InChI=1S/C19H21ClN8O2S/c1-9(25-16(29)11-6-13(21)24-8-23-11)18-22-7-12(31-18)17(30)26-14-5-10(19(2,3)4)15(20)28-27-14/h5-9H,1-4H3,(H,25,29)(H2,21,23,24)(H,26,27,30). The maximum atomic E-state index is 12.6. The number of carbonyl (C=O) groups excluding carboxylic acids is 2. The molecule has 0 saturated carbocycles. The highest BCUT2D eigenvalue weighted by molar-refractivity contribution is 7.13. The van der Waals surface area contributed by atoms with Gasteiger partial charge in [-0.05, 0) is 18.4 Å². The zero-order valence-electron chi connectivity index (χ0n) is 17.3. The first-order valence-electron chi connectivity index (χ1n) is 9.23. The summed E-state index contributed by atoms with van der Waals surface area (Å²) in [4.78, 5) is 37.2. The van der Waals surface area contributed by atoms with E-state index in [2.05, 4.69) is 35.8 Å². The highest BCUT2D eigenvalue weighted by Crippen LogP contribution is 2.29. The van der Waals surface area contributed by atoms with Crippen LogP contribution < -0.4 is 16.4 Å². The van der Waals surface area contributed by atoms with Crippen LogP contribution in [0.2, 0.25) is 5.15 Å². The molecule has 3 heterocycles. The molecule has 0 saturated heterocycles. The molecular formula is C19H21ClN8O2S. The highest BCUT2D eigenvalue weighted by atomic mass is 35.5. The topological polar surface area (TPSA) is 149 Å². The molecular weight excluding hydrogens is 440 g/mol. The summed E-state index contributed by atoms with van der Waals surface area (Å²) in [7, 11) is 0. The molecule has 0 aliphatic heterocycles.